The number of rotatable bonds is 3. The molecule has 3 N–H and O–H groups in total. The van der Waals surface area contributed by atoms with Crippen molar-refractivity contribution in [3.05, 3.63) is 42.0 Å². The molecule has 0 spiro atoms. The number of hydrogen-bond acceptors (Lipinski definition) is 4. The van der Waals surface area contributed by atoms with E-state index in [1.165, 1.54) is 29.2 Å². The second-order valence-corrected chi connectivity index (χ2v) is 5.84. The topological polar surface area (TPSA) is 90.0 Å². The van der Waals surface area contributed by atoms with E-state index in [9.17, 15) is 12.8 Å². The van der Waals surface area contributed by atoms with Crippen LogP contribution in [0.5, 0.6) is 0 Å². The van der Waals surface area contributed by atoms with Gasteiger partial charge in [0.2, 0.25) is 0 Å². The molecule has 2 rings (SSSR count). The fourth-order valence-corrected chi connectivity index (χ4v) is 2.64. The van der Waals surface area contributed by atoms with Gasteiger partial charge in [-0.3, -0.25) is 9.40 Å². The van der Waals surface area contributed by atoms with Gasteiger partial charge in [0.05, 0.1) is 28.9 Å². The number of nitrogens with one attached hydrogen (secondary N) is 1. The highest BCUT2D eigenvalue weighted by Crippen LogP contribution is 2.18. The van der Waals surface area contributed by atoms with Crippen LogP contribution in [0, 0.1) is 17.7 Å². The van der Waals surface area contributed by atoms with Gasteiger partial charge in [-0.1, -0.05) is 11.8 Å². The average Bonchev–Trinajstić information content (AvgIpc) is 2.82. The third kappa shape index (κ3) is 3.59. The normalized spacial score (nSPS) is 10.8. The lowest BCUT2D eigenvalue weighted by Crippen LogP contribution is -2.13. The monoisotopic (exact) mass is 308 g/mol. The molecule has 0 fully saturated rings. The van der Waals surface area contributed by atoms with Gasteiger partial charge >= 0.3 is 0 Å². The first-order chi connectivity index (χ1) is 9.92. The smallest absolute Gasteiger partial charge is 0.262 e. The molecule has 0 unspecified atom stereocenters. The van der Waals surface area contributed by atoms with E-state index >= 15 is 0 Å². The second kappa shape index (κ2) is 5.95. The molecule has 8 heteroatoms. The van der Waals surface area contributed by atoms with Crippen molar-refractivity contribution in [3.63, 3.8) is 0 Å². The summed E-state index contributed by atoms with van der Waals surface area (Å²) in [4.78, 5) is -0.192. The van der Waals surface area contributed by atoms with E-state index in [0.29, 0.717) is 5.69 Å². The van der Waals surface area contributed by atoms with Crippen LogP contribution in [0.15, 0.2) is 35.5 Å². The Bertz CT molecular complexity index is 818. The second-order valence-electron chi connectivity index (χ2n) is 4.16. The van der Waals surface area contributed by atoms with Gasteiger partial charge in [0, 0.05) is 13.2 Å². The summed E-state index contributed by atoms with van der Waals surface area (Å²) in [7, 11) is -2.22. The predicted octanol–water partition coefficient (Wildman–Crippen LogP) is 0.670. The van der Waals surface area contributed by atoms with Gasteiger partial charge in [-0.15, -0.1) is 0 Å². The van der Waals surface area contributed by atoms with Crippen molar-refractivity contribution in [2.24, 2.45) is 12.8 Å². The molecule has 0 saturated heterocycles. The van der Waals surface area contributed by atoms with Gasteiger partial charge in [-0.2, -0.15) is 5.10 Å². The summed E-state index contributed by atoms with van der Waals surface area (Å²) in [5, 5.41) is 3.85. The molecule has 0 bridgehead atoms. The number of nitrogens with two attached hydrogens (primary N) is 1. The fraction of sp³-hybridized carbons (Fsp3) is 0.154. The number of halogens is 1. The van der Waals surface area contributed by atoms with Crippen LogP contribution in [-0.4, -0.2) is 24.7 Å². The van der Waals surface area contributed by atoms with E-state index in [-0.39, 0.29) is 17.0 Å². The maximum Gasteiger partial charge on any atom is 0.262 e. The number of aromatic nitrogens is 2. The van der Waals surface area contributed by atoms with E-state index in [2.05, 4.69) is 21.7 Å². The van der Waals surface area contributed by atoms with Crippen LogP contribution < -0.4 is 10.5 Å². The highest BCUT2D eigenvalue weighted by atomic mass is 32.2. The Kier molecular flexibility index (Phi) is 4.26. The molecule has 21 heavy (non-hydrogen) atoms. The minimum absolute atomic E-state index is 0.0979. The van der Waals surface area contributed by atoms with Gasteiger partial charge in [0.25, 0.3) is 10.0 Å². The zero-order chi connectivity index (χ0) is 15.5. The predicted molar refractivity (Wildman–Crippen MR) is 76.3 cm³/mol. The van der Waals surface area contributed by atoms with Gasteiger partial charge in [0.1, 0.15) is 5.82 Å². The van der Waals surface area contributed by atoms with Gasteiger partial charge in [0.15, 0.2) is 0 Å². The molecular weight excluding hydrogens is 295 g/mol. The Balaban J connectivity index is 2.30. The summed E-state index contributed by atoms with van der Waals surface area (Å²) in [5.41, 5.74) is 5.60. The highest BCUT2D eigenvalue weighted by Gasteiger charge is 2.16. The fourth-order valence-electron chi connectivity index (χ4n) is 1.60. The van der Waals surface area contributed by atoms with Gasteiger partial charge in [-0.05, 0) is 18.2 Å². The Labute approximate surface area is 121 Å². The molecule has 1 heterocycles. The molecule has 0 radical (unpaired) electrons. The summed E-state index contributed by atoms with van der Waals surface area (Å²) >= 11 is 0. The number of anilines is 1. The molecule has 0 aliphatic heterocycles. The van der Waals surface area contributed by atoms with Crippen LogP contribution >= 0.6 is 0 Å². The number of nitrogens with zero attached hydrogens (tertiary/aromatic N) is 2. The van der Waals surface area contributed by atoms with E-state index in [0.717, 1.165) is 6.07 Å². The summed E-state index contributed by atoms with van der Waals surface area (Å²) in [6, 6.07) is 3.50. The molecule has 0 amide bonds. The third-order valence-electron chi connectivity index (χ3n) is 2.53. The van der Waals surface area contributed by atoms with Crippen LogP contribution in [-0.2, 0) is 17.1 Å². The Morgan fingerprint density at radius 1 is 1.48 bits per heavy atom. The molecule has 0 aliphatic rings. The van der Waals surface area contributed by atoms with Crippen molar-refractivity contribution in [2.45, 2.75) is 4.90 Å². The van der Waals surface area contributed by atoms with Crippen LogP contribution in [0.4, 0.5) is 10.1 Å². The summed E-state index contributed by atoms with van der Waals surface area (Å²) in [6.07, 6.45) is 2.85. The van der Waals surface area contributed by atoms with Crippen LogP contribution in [0.25, 0.3) is 0 Å². The van der Waals surface area contributed by atoms with Crippen molar-refractivity contribution in [1.29, 1.82) is 0 Å². The lowest BCUT2D eigenvalue weighted by molar-refractivity contribution is 0.594. The van der Waals surface area contributed by atoms with E-state index in [1.54, 1.807) is 7.05 Å². The van der Waals surface area contributed by atoms with Gasteiger partial charge < -0.3 is 5.73 Å². The highest BCUT2D eigenvalue weighted by molar-refractivity contribution is 7.92. The zero-order valence-electron chi connectivity index (χ0n) is 11.2. The molecule has 0 saturated carbocycles. The zero-order valence-corrected chi connectivity index (χ0v) is 12.0. The number of aryl methyl sites for hydroxylation is 1. The molecule has 110 valence electrons. The summed E-state index contributed by atoms with van der Waals surface area (Å²) in [5.74, 6) is 4.32. The van der Waals surface area contributed by atoms with E-state index in [4.69, 9.17) is 5.73 Å². The van der Waals surface area contributed by atoms with Crippen LogP contribution in [0.2, 0.25) is 0 Å². The SMILES string of the molecule is Cn1cc(NS(=O)(=O)c2ccc(C#CCN)c(F)c2)cn1. The van der Waals surface area contributed by atoms with Gasteiger partial charge in [-0.25, -0.2) is 12.8 Å². The van der Waals surface area contributed by atoms with E-state index in [1.807, 2.05) is 0 Å². The lowest BCUT2D eigenvalue weighted by Gasteiger charge is -2.06. The molecule has 0 atom stereocenters. The largest absolute Gasteiger partial charge is 0.320 e. The molecule has 1 aromatic carbocycles. The summed E-state index contributed by atoms with van der Waals surface area (Å²) < 4.78 is 41.8. The first-order valence-electron chi connectivity index (χ1n) is 5.92. The number of sulfonamides is 1. The van der Waals surface area contributed by atoms with E-state index < -0.39 is 15.8 Å². The van der Waals surface area contributed by atoms with Crippen molar-refractivity contribution in [3.8, 4) is 11.8 Å². The number of hydrogen-bond donors (Lipinski definition) is 2. The molecule has 6 nitrogen and oxygen atoms in total. The van der Waals surface area contributed by atoms with Crippen LogP contribution in [0.3, 0.4) is 0 Å². The maximum absolute atomic E-state index is 13.8. The molecule has 1 aromatic heterocycles. The minimum atomic E-state index is -3.88. The van der Waals surface area contributed by atoms with Crippen molar-refractivity contribution >= 4 is 15.7 Å². The van der Waals surface area contributed by atoms with Crippen molar-refractivity contribution in [1.82, 2.24) is 9.78 Å². The third-order valence-corrected chi connectivity index (χ3v) is 3.91. The molecule has 2 aromatic rings. The maximum atomic E-state index is 13.8. The number of benzene rings is 1. The molecular formula is C13H13FN4O2S. The van der Waals surface area contributed by atoms with Crippen molar-refractivity contribution in [2.75, 3.05) is 11.3 Å². The Hall–Kier alpha value is -2.37. The lowest BCUT2D eigenvalue weighted by atomic mass is 10.2. The quantitative estimate of drug-likeness (QED) is 0.816. The average molecular weight is 308 g/mol. The first-order valence-corrected chi connectivity index (χ1v) is 7.40. The summed E-state index contributed by atoms with van der Waals surface area (Å²) in [6.45, 7) is 0.0993. The Morgan fingerprint density at radius 3 is 2.81 bits per heavy atom. The minimum Gasteiger partial charge on any atom is -0.320 e. The van der Waals surface area contributed by atoms with Crippen LogP contribution in [0.1, 0.15) is 5.56 Å². The van der Waals surface area contributed by atoms with Crippen molar-refractivity contribution < 1.29 is 12.8 Å². The standard InChI is InChI=1S/C13H13FN4O2S/c1-18-9-11(8-16-18)17-21(19,20)12-5-4-10(3-2-6-15)13(14)7-12/h4-5,7-9,17H,6,15H2,1H3. The first kappa shape index (κ1) is 15.0. The molecule has 0 aliphatic carbocycles. The Morgan fingerprint density at radius 2 is 2.24 bits per heavy atom.